The van der Waals surface area contributed by atoms with Gasteiger partial charge in [-0.05, 0) is 79.9 Å². The van der Waals surface area contributed by atoms with Crippen LogP contribution in [0.5, 0.6) is 0 Å². The molecule has 160 valence electrons. The van der Waals surface area contributed by atoms with E-state index in [0.717, 1.165) is 24.3 Å². The second-order valence-corrected chi connectivity index (χ2v) is 9.33. The molecule has 0 atom stereocenters. The number of aryl methyl sites for hydroxylation is 1. The number of hydrogen-bond donors (Lipinski definition) is 2. The standard InChI is InChI=1S/C24H25N3O3S/c1-18-17-21(13-14-23(18)27-15-5-6-16-27)25-24(28)19-9-11-20(12-10-19)26-31(29,30)22-7-3-2-4-8-22/h2-4,7-14,17,26H,5-6,15-16H2,1H3,(H,25,28). The Bertz CT molecular complexity index is 1170. The zero-order valence-electron chi connectivity index (χ0n) is 17.3. The topological polar surface area (TPSA) is 78.5 Å². The third-order valence-electron chi connectivity index (χ3n) is 5.35. The molecule has 0 bridgehead atoms. The molecule has 7 heteroatoms. The number of sulfonamides is 1. The summed E-state index contributed by atoms with van der Waals surface area (Å²) in [4.78, 5) is 15.2. The smallest absolute Gasteiger partial charge is 0.261 e. The summed E-state index contributed by atoms with van der Waals surface area (Å²) in [5, 5.41) is 2.91. The lowest BCUT2D eigenvalue weighted by Crippen LogP contribution is -2.19. The van der Waals surface area contributed by atoms with Crippen molar-refractivity contribution in [2.75, 3.05) is 28.0 Å². The summed E-state index contributed by atoms with van der Waals surface area (Å²) in [6.45, 7) is 4.21. The van der Waals surface area contributed by atoms with Crippen LogP contribution in [-0.4, -0.2) is 27.4 Å². The summed E-state index contributed by atoms with van der Waals surface area (Å²) in [6, 6.07) is 20.5. The summed E-state index contributed by atoms with van der Waals surface area (Å²) in [7, 11) is -3.67. The summed E-state index contributed by atoms with van der Waals surface area (Å²) in [5.41, 5.74) is 3.92. The number of amides is 1. The summed E-state index contributed by atoms with van der Waals surface area (Å²) in [6.07, 6.45) is 2.44. The summed E-state index contributed by atoms with van der Waals surface area (Å²) >= 11 is 0. The van der Waals surface area contributed by atoms with Crippen molar-refractivity contribution in [3.05, 3.63) is 83.9 Å². The molecule has 0 radical (unpaired) electrons. The van der Waals surface area contributed by atoms with Gasteiger partial charge in [-0.15, -0.1) is 0 Å². The lowest BCUT2D eigenvalue weighted by molar-refractivity contribution is 0.102. The molecule has 0 spiro atoms. The SMILES string of the molecule is Cc1cc(NC(=O)c2ccc(NS(=O)(=O)c3ccccc3)cc2)ccc1N1CCCC1. The van der Waals surface area contributed by atoms with Crippen molar-refractivity contribution in [1.29, 1.82) is 0 Å². The van der Waals surface area contributed by atoms with Crippen LogP contribution in [0.25, 0.3) is 0 Å². The van der Waals surface area contributed by atoms with Gasteiger partial charge in [-0.3, -0.25) is 9.52 Å². The zero-order chi connectivity index (χ0) is 21.8. The highest BCUT2D eigenvalue weighted by Gasteiger charge is 2.16. The first-order valence-corrected chi connectivity index (χ1v) is 11.8. The van der Waals surface area contributed by atoms with Crippen molar-refractivity contribution < 1.29 is 13.2 Å². The normalized spacial score (nSPS) is 13.8. The van der Waals surface area contributed by atoms with E-state index in [9.17, 15) is 13.2 Å². The van der Waals surface area contributed by atoms with E-state index in [2.05, 4.69) is 27.9 Å². The number of hydrogen-bond acceptors (Lipinski definition) is 4. The second kappa shape index (κ2) is 8.81. The van der Waals surface area contributed by atoms with E-state index in [1.807, 2.05) is 12.1 Å². The van der Waals surface area contributed by atoms with Crippen LogP contribution in [0.4, 0.5) is 17.1 Å². The molecule has 1 fully saturated rings. The number of nitrogens with zero attached hydrogens (tertiary/aromatic N) is 1. The fraction of sp³-hybridized carbons (Fsp3) is 0.208. The van der Waals surface area contributed by atoms with Gasteiger partial charge in [0.05, 0.1) is 4.90 Å². The third-order valence-corrected chi connectivity index (χ3v) is 6.75. The van der Waals surface area contributed by atoms with E-state index in [1.165, 1.54) is 30.7 Å². The van der Waals surface area contributed by atoms with Crippen LogP contribution in [-0.2, 0) is 10.0 Å². The van der Waals surface area contributed by atoms with E-state index < -0.39 is 10.0 Å². The van der Waals surface area contributed by atoms with Gasteiger partial charge in [-0.1, -0.05) is 18.2 Å². The van der Waals surface area contributed by atoms with Crippen LogP contribution >= 0.6 is 0 Å². The minimum Gasteiger partial charge on any atom is -0.371 e. The molecule has 1 amide bonds. The lowest BCUT2D eigenvalue weighted by atomic mass is 10.1. The summed E-state index contributed by atoms with van der Waals surface area (Å²) < 4.78 is 27.4. The van der Waals surface area contributed by atoms with Gasteiger partial charge in [-0.25, -0.2) is 8.42 Å². The molecule has 3 aromatic rings. The molecule has 0 unspecified atom stereocenters. The van der Waals surface area contributed by atoms with Gasteiger partial charge in [-0.2, -0.15) is 0 Å². The van der Waals surface area contributed by atoms with Crippen LogP contribution in [0.15, 0.2) is 77.7 Å². The highest BCUT2D eigenvalue weighted by Crippen LogP contribution is 2.27. The molecule has 4 rings (SSSR count). The van der Waals surface area contributed by atoms with Crippen molar-refractivity contribution in [2.45, 2.75) is 24.7 Å². The molecule has 1 heterocycles. The molecule has 0 aliphatic carbocycles. The lowest BCUT2D eigenvalue weighted by Gasteiger charge is -2.20. The van der Waals surface area contributed by atoms with Crippen molar-refractivity contribution >= 4 is 33.0 Å². The number of rotatable bonds is 6. The molecule has 2 N–H and O–H groups in total. The second-order valence-electron chi connectivity index (χ2n) is 7.65. The van der Waals surface area contributed by atoms with E-state index >= 15 is 0 Å². The quantitative estimate of drug-likeness (QED) is 0.591. The van der Waals surface area contributed by atoms with Crippen LogP contribution in [0.1, 0.15) is 28.8 Å². The van der Waals surface area contributed by atoms with Gasteiger partial charge in [0.15, 0.2) is 0 Å². The highest BCUT2D eigenvalue weighted by molar-refractivity contribution is 7.92. The summed E-state index contributed by atoms with van der Waals surface area (Å²) in [5.74, 6) is -0.245. The Kier molecular flexibility index (Phi) is 5.95. The Morgan fingerprint density at radius 1 is 0.871 bits per heavy atom. The average Bonchev–Trinajstić information content (AvgIpc) is 3.29. The molecular formula is C24H25N3O3S. The number of anilines is 3. The minimum atomic E-state index is -3.67. The fourth-order valence-corrected chi connectivity index (χ4v) is 4.83. The maximum Gasteiger partial charge on any atom is 0.261 e. The predicted molar refractivity (Wildman–Crippen MR) is 124 cm³/mol. The van der Waals surface area contributed by atoms with Crippen molar-refractivity contribution in [3.63, 3.8) is 0 Å². The maximum atomic E-state index is 12.6. The highest BCUT2D eigenvalue weighted by atomic mass is 32.2. The Morgan fingerprint density at radius 2 is 1.52 bits per heavy atom. The molecule has 31 heavy (non-hydrogen) atoms. The van der Waals surface area contributed by atoms with Gasteiger partial charge < -0.3 is 10.2 Å². The molecule has 6 nitrogen and oxygen atoms in total. The van der Waals surface area contributed by atoms with E-state index in [-0.39, 0.29) is 10.8 Å². The van der Waals surface area contributed by atoms with E-state index in [1.54, 1.807) is 42.5 Å². The fourth-order valence-electron chi connectivity index (χ4n) is 3.75. The first-order valence-electron chi connectivity index (χ1n) is 10.3. The number of benzene rings is 3. The molecule has 1 aliphatic heterocycles. The van der Waals surface area contributed by atoms with Crippen LogP contribution in [0, 0.1) is 6.92 Å². The zero-order valence-corrected chi connectivity index (χ0v) is 18.2. The number of carbonyl (C=O) groups excluding carboxylic acids is 1. The predicted octanol–water partition coefficient (Wildman–Crippen LogP) is 4.65. The maximum absolute atomic E-state index is 12.6. The molecular weight excluding hydrogens is 410 g/mol. The largest absolute Gasteiger partial charge is 0.371 e. The Labute approximate surface area is 183 Å². The first-order chi connectivity index (χ1) is 14.9. The molecule has 3 aromatic carbocycles. The monoisotopic (exact) mass is 435 g/mol. The van der Waals surface area contributed by atoms with Crippen molar-refractivity contribution in [2.24, 2.45) is 0 Å². The van der Waals surface area contributed by atoms with Gasteiger partial charge in [0.25, 0.3) is 15.9 Å². The van der Waals surface area contributed by atoms with Gasteiger partial charge in [0, 0.05) is 35.7 Å². The average molecular weight is 436 g/mol. The molecule has 1 saturated heterocycles. The molecule has 0 aromatic heterocycles. The Hall–Kier alpha value is -3.32. The Morgan fingerprint density at radius 3 is 2.16 bits per heavy atom. The Balaban J connectivity index is 1.42. The third kappa shape index (κ3) is 4.88. The van der Waals surface area contributed by atoms with Gasteiger partial charge in [0.2, 0.25) is 0 Å². The van der Waals surface area contributed by atoms with Crippen LogP contribution in [0.2, 0.25) is 0 Å². The number of carbonyl (C=O) groups is 1. The van der Waals surface area contributed by atoms with Gasteiger partial charge >= 0.3 is 0 Å². The van der Waals surface area contributed by atoms with Crippen LogP contribution < -0.4 is 14.9 Å². The van der Waals surface area contributed by atoms with Gasteiger partial charge in [0.1, 0.15) is 0 Å². The number of nitrogens with one attached hydrogen (secondary N) is 2. The van der Waals surface area contributed by atoms with Crippen molar-refractivity contribution in [1.82, 2.24) is 0 Å². The molecule has 1 aliphatic rings. The van der Waals surface area contributed by atoms with Crippen molar-refractivity contribution in [3.8, 4) is 0 Å². The minimum absolute atomic E-state index is 0.185. The first kappa shape index (κ1) is 20.9. The van der Waals surface area contributed by atoms with Crippen LogP contribution in [0.3, 0.4) is 0 Å². The molecule has 0 saturated carbocycles. The van der Waals surface area contributed by atoms with E-state index in [0.29, 0.717) is 11.3 Å². The van der Waals surface area contributed by atoms with E-state index in [4.69, 9.17) is 0 Å².